The Morgan fingerprint density at radius 2 is 2.20 bits per heavy atom. The van der Waals surface area contributed by atoms with Gasteiger partial charge in [0, 0.05) is 12.2 Å². The van der Waals surface area contributed by atoms with Crippen LogP contribution in [0, 0.1) is 0 Å². The van der Waals surface area contributed by atoms with Gasteiger partial charge < -0.3 is 9.84 Å². The number of carbonyl (C=O) groups is 1. The Balaban J connectivity index is 2.47. The SMILES string of the molecule is CC(=O)c1cccc(OCCCCO)c1. The van der Waals surface area contributed by atoms with Crippen LogP contribution in [0.15, 0.2) is 24.3 Å². The van der Waals surface area contributed by atoms with E-state index in [2.05, 4.69) is 0 Å². The van der Waals surface area contributed by atoms with Gasteiger partial charge in [0.15, 0.2) is 5.78 Å². The number of unbranched alkanes of at least 4 members (excludes halogenated alkanes) is 1. The summed E-state index contributed by atoms with van der Waals surface area (Å²) in [5.74, 6) is 0.747. The quantitative estimate of drug-likeness (QED) is 0.575. The molecule has 3 nitrogen and oxygen atoms in total. The van der Waals surface area contributed by atoms with Gasteiger partial charge in [0.25, 0.3) is 0 Å². The second kappa shape index (κ2) is 6.19. The molecule has 15 heavy (non-hydrogen) atoms. The third kappa shape index (κ3) is 4.13. The van der Waals surface area contributed by atoms with E-state index in [1.54, 1.807) is 18.2 Å². The number of aliphatic hydroxyl groups is 1. The molecular weight excluding hydrogens is 192 g/mol. The highest BCUT2D eigenvalue weighted by Crippen LogP contribution is 2.14. The number of hydrogen-bond donors (Lipinski definition) is 1. The predicted octanol–water partition coefficient (Wildman–Crippen LogP) is 2.04. The van der Waals surface area contributed by atoms with E-state index < -0.39 is 0 Å². The highest BCUT2D eigenvalue weighted by molar-refractivity contribution is 5.94. The Morgan fingerprint density at radius 3 is 2.87 bits per heavy atom. The number of Topliss-reactive ketones (excluding diaryl/α,β-unsaturated/α-hetero) is 1. The summed E-state index contributed by atoms with van der Waals surface area (Å²) in [6.45, 7) is 2.30. The number of hydrogen-bond acceptors (Lipinski definition) is 3. The smallest absolute Gasteiger partial charge is 0.159 e. The van der Waals surface area contributed by atoms with Gasteiger partial charge in [-0.15, -0.1) is 0 Å². The molecule has 0 aliphatic heterocycles. The van der Waals surface area contributed by atoms with Crippen molar-refractivity contribution < 1.29 is 14.6 Å². The number of ether oxygens (including phenoxy) is 1. The van der Waals surface area contributed by atoms with Crippen LogP contribution in [0.1, 0.15) is 30.1 Å². The minimum atomic E-state index is 0.0378. The van der Waals surface area contributed by atoms with Crippen molar-refractivity contribution in [2.24, 2.45) is 0 Å². The molecule has 1 rings (SSSR count). The highest BCUT2D eigenvalue weighted by Gasteiger charge is 2.00. The van der Waals surface area contributed by atoms with E-state index in [9.17, 15) is 4.79 Å². The van der Waals surface area contributed by atoms with E-state index in [1.165, 1.54) is 6.92 Å². The second-order valence-corrected chi connectivity index (χ2v) is 3.36. The molecule has 0 saturated heterocycles. The molecule has 0 radical (unpaired) electrons. The van der Waals surface area contributed by atoms with Crippen molar-refractivity contribution in [3.63, 3.8) is 0 Å². The van der Waals surface area contributed by atoms with Crippen LogP contribution in [0.5, 0.6) is 5.75 Å². The van der Waals surface area contributed by atoms with Gasteiger partial charge in [0.2, 0.25) is 0 Å². The molecule has 0 spiro atoms. The molecule has 0 saturated carbocycles. The standard InChI is InChI=1S/C12H16O3/c1-10(14)11-5-4-6-12(9-11)15-8-3-2-7-13/h4-6,9,13H,2-3,7-8H2,1H3. The van der Waals surface area contributed by atoms with Crippen LogP contribution in [-0.2, 0) is 0 Å². The maximum Gasteiger partial charge on any atom is 0.159 e. The Kier molecular flexibility index (Phi) is 4.84. The summed E-state index contributed by atoms with van der Waals surface area (Å²) >= 11 is 0. The molecule has 0 amide bonds. The van der Waals surface area contributed by atoms with Crippen LogP contribution in [0.25, 0.3) is 0 Å². The predicted molar refractivity (Wildman–Crippen MR) is 58.3 cm³/mol. The van der Waals surface area contributed by atoms with Gasteiger partial charge in [-0.05, 0) is 31.9 Å². The zero-order chi connectivity index (χ0) is 11.1. The fraction of sp³-hybridized carbons (Fsp3) is 0.417. The zero-order valence-electron chi connectivity index (χ0n) is 8.90. The number of carbonyl (C=O) groups excluding carboxylic acids is 1. The number of ketones is 1. The molecule has 1 aromatic carbocycles. The number of rotatable bonds is 6. The Morgan fingerprint density at radius 1 is 1.40 bits per heavy atom. The van der Waals surface area contributed by atoms with Crippen LogP contribution in [0.3, 0.4) is 0 Å². The summed E-state index contributed by atoms with van der Waals surface area (Å²) in [5.41, 5.74) is 0.662. The number of aliphatic hydroxyl groups excluding tert-OH is 1. The third-order valence-corrected chi connectivity index (χ3v) is 2.06. The number of benzene rings is 1. The third-order valence-electron chi connectivity index (χ3n) is 2.06. The lowest BCUT2D eigenvalue weighted by atomic mass is 10.1. The Hall–Kier alpha value is -1.35. The van der Waals surface area contributed by atoms with Gasteiger partial charge in [0.05, 0.1) is 6.61 Å². The van der Waals surface area contributed by atoms with E-state index in [4.69, 9.17) is 9.84 Å². The molecular formula is C12H16O3. The molecule has 3 heteroatoms. The van der Waals surface area contributed by atoms with Gasteiger partial charge in [-0.2, -0.15) is 0 Å². The van der Waals surface area contributed by atoms with Crippen molar-refractivity contribution in [3.8, 4) is 5.75 Å². The average molecular weight is 208 g/mol. The second-order valence-electron chi connectivity index (χ2n) is 3.36. The summed E-state index contributed by atoms with van der Waals surface area (Å²) in [4.78, 5) is 11.1. The molecule has 0 unspecified atom stereocenters. The maximum atomic E-state index is 11.1. The molecule has 0 aliphatic rings. The van der Waals surface area contributed by atoms with Crippen LogP contribution in [0.4, 0.5) is 0 Å². The van der Waals surface area contributed by atoms with Gasteiger partial charge in [-0.25, -0.2) is 0 Å². The Labute approximate surface area is 89.7 Å². The van der Waals surface area contributed by atoms with Crippen molar-refractivity contribution in [1.82, 2.24) is 0 Å². The van der Waals surface area contributed by atoms with E-state index in [1.807, 2.05) is 6.07 Å². The van der Waals surface area contributed by atoms with Gasteiger partial charge in [-0.3, -0.25) is 4.79 Å². The zero-order valence-corrected chi connectivity index (χ0v) is 8.90. The first-order chi connectivity index (χ1) is 7.24. The van der Waals surface area contributed by atoms with Crippen molar-refractivity contribution in [1.29, 1.82) is 0 Å². The molecule has 0 atom stereocenters. The summed E-state index contributed by atoms with van der Waals surface area (Å²) in [6.07, 6.45) is 1.56. The van der Waals surface area contributed by atoms with Crippen molar-refractivity contribution in [2.45, 2.75) is 19.8 Å². The molecule has 0 bridgehead atoms. The topological polar surface area (TPSA) is 46.5 Å². The van der Waals surface area contributed by atoms with Crippen LogP contribution in [0.2, 0.25) is 0 Å². The molecule has 82 valence electrons. The molecule has 0 aliphatic carbocycles. The van der Waals surface area contributed by atoms with E-state index in [-0.39, 0.29) is 12.4 Å². The van der Waals surface area contributed by atoms with E-state index >= 15 is 0 Å². The van der Waals surface area contributed by atoms with Crippen molar-refractivity contribution >= 4 is 5.78 Å². The normalized spacial score (nSPS) is 10.0. The van der Waals surface area contributed by atoms with Gasteiger partial charge in [0.1, 0.15) is 5.75 Å². The summed E-state index contributed by atoms with van der Waals surface area (Å²) < 4.78 is 5.44. The first-order valence-corrected chi connectivity index (χ1v) is 5.08. The molecule has 0 heterocycles. The average Bonchev–Trinajstić information content (AvgIpc) is 2.25. The van der Waals surface area contributed by atoms with Gasteiger partial charge >= 0.3 is 0 Å². The summed E-state index contributed by atoms with van der Waals surface area (Å²) in [5, 5.41) is 8.58. The fourth-order valence-electron chi connectivity index (χ4n) is 1.21. The Bertz CT molecular complexity index is 320. The van der Waals surface area contributed by atoms with Crippen molar-refractivity contribution in [2.75, 3.05) is 13.2 Å². The lowest BCUT2D eigenvalue weighted by Gasteiger charge is -2.06. The van der Waals surface area contributed by atoms with Gasteiger partial charge in [-0.1, -0.05) is 12.1 Å². The largest absolute Gasteiger partial charge is 0.494 e. The summed E-state index contributed by atoms with van der Waals surface area (Å²) in [7, 11) is 0. The minimum absolute atomic E-state index is 0.0378. The highest BCUT2D eigenvalue weighted by atomic mass is 16.5. The molecule has 0 aromatic heterocycles. The molecule has 0 fully saturated rings. The van der Waals surface area contributed by atoms with Crippen molar-refractivity contribution in [3.05, 3.63) is 29.8 Å². The first-order valence-electron chi connectivity index (χ1n) is 5.08. The lowest BCUT2D eigenvalue weighted by Crippen LogP contribution is -2.00. The monoisotopic (exact) mass is 208 g/mol. The van der Waals surface area contributed by atoms with E-state index in [0.29, 0.717) is 17.9 Å². The maximum absolute atomic E-state index is 11.1. The van der Waals surface area contributed by atoms with Crippen LogP contribution >= 0.6 is 0 Å². The molecule has 1 N–H and O–H groups in total. The lowest BCUT2D eigenvalue weighted by molar-refractivity contribution is 0.101. The van der Waals surface area contributed by atoms with Crippen LogP contribution in [-0.4, -0.2) is 24.1 Å². The van der Waals surface area contributed by atoms with Crippen LogP contribution < -0.4 is 4.74 Å². The summed E-state index contributed by atoms with van der Waals surface area (Å²) in [6, 6.07) is 7.13. The molecule has 1 aromatic rings. The van der Waals surface area contributed by atoms with E-state index in [0.717, 1.165) is 12.8 Å². The fourth-order valence-corrected chi connectivity index (χ4v) is 1.21. The minimum Gasteiger partial charge on any atom is -0.494 e. The first kappa shape index (κ1) is 11.7.